The molecule has 1 saturated carbocycles. The van der Waals surface area contributed by atoms with Crippen LogP contribution in [0.2, 0.25) is 0 Å². The number of nitrogens with zero attached hydrogens (tertiary/aromatic N) is 2. The number of hydrogen-bond acceptors (Lipinski definition) is 6. The minimum atomic E-state index is -0.504. The predicted octanol–water partition coefficient (Wildman–Crippen LogP) is 1.82. The van der Waals surface area contributed by atoms with Gasteiger partial charge in [0, 0.05) is 25.0 Å². The van der Waals surface area contributed by atoms with E-state index < -0.39 is 5.41 Å². The first-order valence-corrected chi connectivity index (χ1v) is 8.60. The summed E-state index contributed by atoms with van der Waals surface area (Å²) in [5.74, 6) is -0.449. The molecule has 1 aliphatic heterocycles. The molecular formula is C15H21N3O3S. The fraction of sp³-hybridized carbons (Fsp3) is 0.667. The van der Waals surface area contributed by atoms with Crippen LogP contribution in [0.1, 0.15) is 42.6 Å². The summed E-state index contributed by atoms with van der Waals surface area (Å²) in [6.07, 6.45) is 5.18. The number of carbonyl (C=O) groups excluding carboxylic acids is 2. The highest BCUT2D eigenvalue weighted by molar-refractivity contribution is 7.13. The summed E-state index contributed by atoms with van der Waals surface area (Å²) in [6.45, 7) is 2.36. The van der Waals surface area contributed by atoms with E-state index in [0.717, 1.165) is 31.1 Å². The van der Waals surface area contributed by atoms with Gasteiger partial charge in [-0.2, -0.15) is 0 Å². The van der Waals surface area contributed by atoms with Crippen LogP contribution in [-0.4, -0.2) is 43.6 Å². The van der Waals surface area contributed by atoms with E-state index in [1.807, 2.05) is 0 Å². The zero-order chi connectivity index (χ0) is 15.6. The molecule has 1 amide bonds. The Morgan fingerprint density at radius 3 is 2.73 bits per heavy atom. The highest BCUT2D eigenvalue weighted by Crippen LogP contribution is 2.46. The Balaban J connectivity index is 1.56. The van der Waals surface area contributed by atoms with Crippen LogP contribution in [0.15, 0.2) is 5.38 Å². The van der Waals surface area contributed by atoms with E-state index in [2.05, 4.69) is 15.2 Å². The Morgan fingerprint density at radius 2 is 2.09 bits per heavy atom. The topological polar surface area (TPSA) is 71.5 Å². The van der Waals surface area contributed by atoms with Gasteiger partial charge in [0.1, 0.15) is 5.69 Å². The first-order valence-electron chi connectivity index (χ1n) is 7.72. The van der Waals surface area contributed by atoms with Crippen molar-refractivity contribution in [1.82, 2.24) is 10.3 Å². The van der Waals surface area contributed by atoms with E-state index in [1.54, 1.807) is 5.38 Å². The molecule has 1 saturated heterocycles. The molecule has 3 rings (SSSR count). The number of amides is 1. The summed E-state index contributed by atoms with van der Waals surface area (Å²) in [7, 11) is 1.38. The molecule has 0 atom stereocenters. The van der Waals surface area contributed by atoms with Crippen LogP contribution in [0.4, 0.5) is 5.13 Å². The average Bonchev–Trinajstić information content (AvgIpc) is 3.19. The third-order valence-electron chi connectivity index (χ3n) is 4.41. The van der Waals surface area contributed by atoms with Crippen molar-refractivity contribution in [1.29, 1.82) is 0 Å². The Labute approximate surface area is 133 Å². The average molecular weight is 323 g/mol. The van der Waals surface area contributed by atoms with E-state index in [4.69, 9.17) is 4.74 Å². The van der Waals surface area contributed by atoms with Crippen molar-refractivity contribution >= 4 is 28.3 Å². The molecular weight excluding hydrogens is 302 g/mol. The molecule has 0 spiro atoms. The number of carbonyl (C=O) groups is 2. The molecule has 1 aromatic heterocycles. The quantitative estimate of drug-likeness (QED) is 0.837. The number of rotatable bonds is 5. The lowest BCUT2D eigenvalue weighted by atomic mass is 10.1. The number of thiazole rings is 1. The molecule has 6 nitrogen and oxygen atoms in total. The first-order chi connectivity index (χ1) is 10.6. The van der Waals surface area contributed by atoms with Crippen molar-refractivity contribution in [2.75, 3.05) is 31.6 Å². The Morgan fingerprint density at radius 1 is 1.36 bits per heavy atom. The largest absolute Gasteiger partial charge is 0.469 e. The van der Waals surface area contributed by atoms with Gasteiger partial charge < -0.3 is 15.0 Å². The minimum absolute atomic E-state index is 0.213. The predicted molar refractivity (Wildman–Crippen MR) is 84.2 cm³/mol. The standard InChI is InChI=1S/C15H21N3O3S/c1-21-13(20)15(5-6-15)10-16-12(19)11-9-22-14(17-11)18-7-3-2-4-8-18/h9H,2-8,10H2,1H3,(H,16,19). The molecule has 1 aromatic rings. The number of esters is 1. The lowest BCUT2D eigenvalue weighted by Crippen LogP contribution is -2.35. The summed E-state index contributed by atoms with van der Waals surface area (Å²) in [5, 5.41) is 5.52. The summed E-state index contributed by atoms with van der Waals surface area (Å²) < 4.78 is 4.79. The van der Waals surface area contributed by atoms with Gasteiger partial charge in [-0.15, -0.1) is 11.3 Å². The molecule has 0 bridgehead atoms. The first kappa shape index (κ1) is 15.3. The van der Waals surface area contributed by atoms with Crippen molar-refractivity contribution in [3.05, 3.63) is 11.1 Å². The molecule has 0 radical (unpaired) electrons. The SMILES string of the molecule is COC(=O)C1(CNC(=O)c2csc(N3CCCCC3)n2)CC1. The number of anilines is 1. The lowest BCUT2D eigenvalue weighted by Gasteiger charge is -2.25. The normalized spacial score (nSPS) is 19.6. The summed E-state index contributed by atoms with van der Waals surface area (Å²) in [6, 6.07) is 0. The van der Waals surface area contributed by atoms with Gasteiger partial charge in [-0.1, -0.05) is 0 Å². The molecule has 7 heteroatoms. The van der Waals surface area contributed by atoms with Crippen LogP contribution < -0.4 is 10.2 Å². The van der Waals surface area contributed by atoms with E-state index in [-0.39, 0.29) is 11.9 Å². The van der Waals surface area contributed by atoms with Crippen molar-refractivity contribution in [3.63, 3.8) is 0 Å². The second-order valence-electron chi connectivity index (χ2n) is 6.02. The fourth-order valence-corrected chi connectivity index (χ4v) is 3.62. The van der Waals surface area contributed by atoms with Gasteiger partial charge in [-0.25, -0.2) is 4.98 Å². The number of nitrogens with one attached hydrogen (secondary N) is 1. The van der Waals surface area contributed by atoms with Crippen molar-refractivity contribution in [3.8, 4) is 0 Å². The van der Waals surface area contributed by atoms with Crippen molar-refractivity contribution < 1.29 is 14.3 Å². The molecule has 120 valence electrons. The second kappa shape index (κ2) is 6.24. The fourth-order valence-electron chi connectivity index (χ4n) is 2.76. The summed E-state index contributed by atoms with van der Waals surface area (Å²) >= 11 is 1.51. The number of aromatic nitrogens is 1. The van der Waals surface area contributed by atoms with Gasteiger partial charge >= 0.3 is 5.97 Å². The maximum atomic E-state index is 12.2. The van der Waals surface area contributed by atoms with Crippen LogP contribution in [0, 0.1) is 5.41 Å². The third kappa shape index (κ3) is 3.09. The van der Waals surface area contributed by atoms with Crippen LogP contribution in [-0.2, 0) is 9.53 Å². The van der Waals surface area contributed by atoms with Crippen molar-refractivity contribution in [2.24, 2.45) is 5.41 Å². The molecule has 2 fully saturated rings. The van der Waals surface area contributed by atoms with Gasteiger partial charge in [0.05, 0.1) is 12.5 Å². The minimum Gasteiger partial charge on any atom is -0.469 e. The number of methoxy groups -OCH3 is 1. The molecule has 0 aromatic carbocycles. The zero-order valence-electron chi connectivity index (χ0n) is 12.8. The highest BCUT2D eigenvalue weighted by atomic mass is 32.1. The third-order valence-corrected chi connectivity index (χ3v) is 5.31. The number of ether oxygens (including phenoxy) is 1. The van der Waals surface area contributed by atoms with Gasteiger partial charge in [0.2, 0.25) is 0 Å². The molecule has 22 heavy (non-hydrogen) atoms. The van der Waals surface area contributed by atoms with E-state index in [1.165, 1.54) is 37.7 Å². The molecule has 2 aliphatic rings. The van der Waals surface area contributed by atoms with E-state index in [9.17, 15) is 9.59 Å². The summed E-state index contributed by atoms with van der Waals surface area (Å²) in [4.78, 5) is 30.5. The van der Waals surface area contributed by atoms with Gasteiger partial charge in [-0.05, 0) is 32.1 Å². The van der Waals surface area contributed by atoms with Crippen LogP contribution in [0.3, 0.4) is 0 Å². The molecule has 1 N–H and O–H groups in total. The monoisotopic (exact) mass is 323 g/mol. The highest BCUT2D eigenvalue weighted by Gasteiger charge is 2.51. The Hall–Kier alpha value is -1.63. The Bertz CT molecular complexity index is 562. The van der Waals surface area contributed by atoms with E-state index in [0.29, 0.717) is 12.2 Å². The van der Waals surface area contributed by atoms with E-state index >= 15 is 0 Å². The van der Waals surface area contributed by atoms with Crippen molar-refractivity contribution in [2.45, 2.75) is 32.1 Å². The number of piperidine rings is 1. The molecule has 0 unspecified atom stereocenters. The maximum Gasteiger partial charge on any atom is 0.313 e. The molecule has 2 heterocycles. The molecule has 1 aliphatic carbocycles. The van der Waals surface area contributed by atoms with Crippen LogP contribution in [0.5, 0.6) is 0 Å². The second-order valence-corrected chi connectivity index (χ2v) is 6.85. The van der Waals surface area contributed by atoms with Gasteiger partial charge in [0.25, 0.3) is 5.91 Å². The number of hydrogen-bond donors (Lipinski definition) is 1. The lowest BCUT2D eigenvalue weighted by molar-refractivity contribution is -0.146. The van der Waals surface area contributed by atoms with Gasteiger partial charge in [-0.3, -0.25) is 9.59 Å². The van der Waals surface area contributed by atoms with Gasteiger partial charge in [0.15, 0.2) is 5.13 Å². The summed E-state index contributed by atoms with van der Waals surface area (Å²) in [5.41, 5.74) is -0.0675. The van der Waals surface area contributed by atoms with Crippen LogP contribution in [0.25, 0.3) is 0 Å². The van der Waals surface area contributed by atoms with Crippen LogP contribution >= 0.6 is 11.3 Å². The smallest absolute Gasteiger partial charge is 0.313 e. The maximum absolute atomic E-state index is 12.2. The zero-order valence-corrected chi connectivity index (χ0v) is 13.6. The Kier molecular flexibility index (Phi) is 4.33.